The summed E-state index contributed by atoms with van der Waals surface area (Å²) in [6.45, 7) is 3.72. The Morgan fingerprint density at radius 2 is 1.72 bits per heavy atom. The van der Waals surface area contributed by atoms with E-state index in [0.29, 0.717) is 31.6 Å². The van der Waals surface area contributed by atoms with Crippen LogP contribution in [0.1, 0.15) is 67.0 Å². The van der Waals surface area contributed by atoms with Crippen molar-refractivity contribution in [3.63, 3.8) is 0 Å². The Morgan fingerprint density at radius 1 is 0.949 bits per heavy atom. The van der Waals surface area contributed by atoms with Gasteiger partial charge in [-0.15, -0.1) is 0 Å². The molecule has 0 unspecified atom stereocenters. The maximum atomic E-state index is 14.7. The number of fused-ring (bicyclic) bond motifs is 1. The van der Waals surface area contributed by atoms with Crippen molar-refractivity contribution in [1.29, 1.82) is 0 Å². The lowest BCUT2D eigenvalue weighted by molar-refractivity contribution is -0.141. The molecule has 1 aliphatic rings. The van der Waals surface area contributed by atoms with E-state index >= 15 is 0 Å². The van der Waals surface area contributed by atoms with Crippen LogP contribution in [0.2, 0.25) is 0 Å². The Morgan fingerprint density at radius 3 is 2.41 bits per heavy atom. The molecule has 10 heteroatoms. The highest BCUT2D eigenvalue weighted by Crippen LogP contribution is 2.29. The fraction of sp³-hybridized carbons (Fsp3) is 0.414. The normalized spacial score (nSPS) is 14.3. The van der Waals surface area contributed by atoms with Crippen LogP contribution in [0, 0.1) is 5.82 Å². The molecule has 39 heavy (non-hydrogen) atoms. The number of aromatic nitrogens is 1. The summed E-state index contributed by atoms with van der Waals surface area (Å²) in [5, 5.41) is 0. The van der Waals surface area contributed by atoms with Crippen molar-refractivity contribution in [2.24, 2.45) is 0 Å². The van der Waals surface area contributed by atoms with Crippen molar-refractivity contribution >= 4 is 15.7 Å². The van der Waals surface area contributed by atoms with Gasteiger partial charge < -0.3 is 0 Å². The Balaban J connectivity index is 1.37. The molecule has 2 heterocycles. The molecule has 0 atom stereocenters. The van der Waals surface area contributed by atoms with E-state index < -0.39 is 27.7 Å². The molecule has 0 aliphatic carbocycles. The molecule has 3 aromatic rings. The van der Waals surface area contributed by atoms with Gasteiger partial charge in [0.25, 0.3) is 10.0 Å². The minimum Gasteiger partial charge on any atom is -0.294 e. The van der Waals surface area contributed by atoms with E-state index in [2.05, 4.69) is 21.5 Å². The topological polar surface area (TPSA) is 62.3 Å². The van der Waals surface area contributed by atoms with Crippen LogP contribution in [-0.4, -0.2) is 24.8 Å². The van der Waals surface area contributed by atoms with Crippen LogP contribution in [0.4, 0.5) is 23.2 Å². The van der Waals surface area contributed by atoms with Crippen molar-refractivity contribution in [3.8, 4) is 0 Å². The number of unbranched alkanes of at least 4 members (excludes halogenated alkanes) is 4. The van der Waals surface area contributed by atoms with Crippen LogP contribution in [0.15, 0.2) is 59.6 Å². The molecule has 1 aromatic heterocycles. The number of benzene rings is 2. The van der Waals surface area contributed by atoms with Crippen LogP contribution < -0.4 is 4.72 Å². The number of hydrogen-bond donors (Lipinski definition) is 1. The molecule has 1 N–H and O–H groups in total. The van der Waals surface area contributed by atoms with Gasteiger partial charge in [-0.05, 0) is 71.8 Å². The number of sulfonamides is 1. The third-order valence-electron chi connectivity index (χ3n) is 6.95. The summed E-state index contributed by atoms with van der Waals surface area (Å²) in [7, 11) is -3.99. The molecular formula is C29H33F4N3O2S. The first kappa shape index (κ1) is 29.0. The first-order chi connectivity index (χ1) is 18.5. The standard InChI is InChI=1S/C29H33F4N3O2S/c1-2-3-4-5-6-7-21-8-12-27(26(30)16-21)35-39(37,38)25-11-10-24-20-36(15-14-23(24)17-25)19-22-9-13-28(34-18-22)29(31,32)33/h8-13,16-18,35H,2-7,14-15,19-20H2,1H3. The zero-order valence-corrected chi connectivity index (χ0v) is 22.7. The average molecular weight is 564 g/mol. The van der Waals surface area contributed by atoms with E-state index in [9.17, 15) is 26.0 Å². The first-order valence-corrected chi connectivity index (χ1v) is 14.7. The number of alkyl halides is 3. The van der Waals surface area contributed by atoms with Crippen LogP contribution in [0.3, 0.4) is 0 Å². The smallest absolute Gasteiger partial charge is 0.294 e. The van der Waals surface area contributed by atoms with Gasteiger partial charge in [-0.2, -0.15) is 13.2 Å². The number of rotatable bonds is 11. The van der Waals surface area contributed by atoms with E-state index in [1.807, 2.05) is 0 Å². The quantitative estimate of drug-likeness (QED) is 0.200. The highest BCUT2D eigenvalue weighted by atomic mass is 32.2. The van der Waals surface area contributed by atoms with Crippen LogP contribution >= 0.6 is 0 Å². The predicted molar refractivity (Wildman–Crippen MR) is 143 cm³/mol. The Labute approximate surface area is 227 Å². The van der Waals surface area contributed by atoms with Gasteiger partial charge >= 0.3 is 6.18 Å². The predicted octanol–water partition coefficient (Wildman–Crippen LogP) is 7.11. The summed E-state index contributed by atoms with van der Waals surface area (Å²) in [6, 6.07) is 11.9. The monoisotopic (exact) mass is 563 g/mol. The third kappa shape index (κ3) is 7.79. The van der Waals surface area contributed by atoms with Crippen molar-refractivity contribution in [2.75, 3.05) is 11.3 Å². The molecule has 5 nitrogen and oxygen atoms in total. The van der Waals surface area contributed by atoms with E-state index in [4.69, 9.17) is 0 Å². The number of anilines is 1. The first-order valence-electron chi connectivity index (χ1n) is 13.2. The minimum absolute atomic E-state index is 0.0565. The summed E-state index contributed by atoms with van der Waals surface area (Å²) < 4.78 is 81.4. The number of aryl methyl sites for hydroxylation is 1. The molecule has 0 fully saturated rings. The Kier molecular flexibility index (Phi) is 9.27. The van der Waals surface area contributed by atoms with Crippen LogP contribution in [0.5, 0.6) is 0 Å². The molecule has 1 aliphatic heterocycles. The summed E-state index contributed by atoms with van der Waals surface area (Å²) in [5.74, 6) is -0.601. The highest BCUT2D eigenvalue weighted by molar-refractivity contribution is 7.92. The van der Waals surface area contributed by atoms with Gasteiger partial charge in [-0.25, -0.2) is 12.8 Å². The molecule has 0 saturated heterocycles. The van der Waals surface area contributed by atoms with Gasteiger partial charge in [0.1, 0.15) is 11.5 Å². The Hall–Kier alpha value is -2.98. The summed E-state index contributed by atoms with van der Waals surface area (Å²) in [6.07, 6.45) is 3.67. The number of halogens is 4. The fourth-order valence-electron chi connectivity index (χ4n) is 4.77. The molecule has 0 saturated carbocycles. The SMILES string of the molecule is CCCCCCCc1ccc(NS(=O)(=O)c2ccc3c(c2)CCN(Cc2ccc(C(F)(F)F)nc2)C3)c(F)c1. The Bertz CT molecular complexity index is 1380. The van der Waals surface area contributed by atoms with Crippen molar-refractivity contribution in [2.45, 2.75) is 76.0 Å². The van der Waals surface area contributed by atoms with E-state index in [0.717, 1.165) is 54.9 Å². The second kappa shape index (κ2) is 12.5. The van der Waals surface area contributed by atoms with Gasteiger partial charge in [0.2, 0.25) is 0 Å². The lowest BCUT2D eigenvalue weighted by Crippen LogP contribution is -2.30. The van der Waals surface area contributed by atoms with E-state index in [1.165, 1.54) is 36.9 Å². The molecule has 2 aromatic carbocycles. The van der Waals surface area contributed by atoms with E-state index in [1.54, 1.807) is 18.2 Å². The molecule has 0 radical (unpaired) electrons. The van der Waals surface area contributed by atoms with Crippen LogP contribution in [-0.2, 0) is 42.1 Å². The molecule has 210 valence electrons. The lowest BCUT2D eigenvalue weighted by atomic mass is 9.99. The summed E-state index contributed by atoms with van der Waals surface area (Å²) >= 11 is 0. The molecule has 4 rings (SSSR count). The number of pyridine rings is 1. The van der Waals surface area contributed by atoms with Gasteiger partial charge in [0.05, 0.1) is 10.6 Å². The summed E-state index contributed by atoms with van der Waals surface area (Å²) in [4.78, 5) is 5.64. The van der Waals surface area contributed by atoms with Crippen molar-refractivity contribution in [3.05, 3.63) is 88.5 Å². The number of nitrogens with zero attached hydrogens (tertiary/aromatic N) is 2. The van der Waals surface area contributed by atoms with Crippen molar-refractivity contribution < 1.29 is 26.0 Å². The molecule has 0 bridgehead atoms. The largest absolute Gasteiger partial charge is 0.433 e. The van der Waals surface area contributed by atoms with Gasteiger partial charge in [0.15, 0.2) is 0 Å². The number of nitrogens with one attached hydrogen (secondary N) is 1. The maximum absolute atomic E-state index is 14.7. The lowest BCUT2D eigenvalue weighted by Gasteiger charge is -2.29. The van der Waals surface area contributed by atoms with Gasteiger partial charge in [0, 0.05) is 25.8 Å². The average Bonchev–Trinajstić information content (AvgIpc) is 2.89. The van der Waals surface area contributed by atoms with Gasteiger partial charge in [-0.3, -0.25) is 14.6 Å². The molecular weight excluding hydrogens is 530 g/mol. The zero-order chi connectivity index (χ0) is 28.0. The second-order valence-corrected chi connectivity index (χ2v) is 11.7. The zero-order valence-electron chi connectivity index (χ0n) is 21.9. The minimum atomic E-state index is -4.47. The summed E-state index contributed by atoms with van der Waals surface area (Å²) in [5.41, 5.74) is 2.31. The third-order valence-corrected chi connectivity index (χ3v) is 8.31. The molecule has 0 amide bonds. The van der Waals surface area contributed by atoms with Crippen molar-refractivity contribution in [1.82, 2.24) is 9.88 Å². The fourth-order valence-corrected chi connectivity index (χ4v) is 5.88. The van der Waals surface area contributed by atoms with Crippen LogP contribution in [0.25, 0.3) is 0 Å². The number of hydrogen-bond acceptors (Lipinski definition) is 4. The molecule has 0 spiro atoms. The highest BCUT2D eigenvalue weighted by Gasteiger charge is 2.32. The van der Waals surface area contributed by atoms with Gasteiger partial charge in [-0.1, -0.05) is 50.8 Å². The maximum Gasteiger partial charge on any atom is 0.433 e. The van der Waals surface area contributed by atoms with E-state index in [-0.39, 0.29) is 10.6 Å². The second-order valence-electron chi connectivity index (χ2n) is 10.0.